The van der Waals surface area contributed by atoms with Crippen LogP contribution in [0.15, 0.2) is 0 Å². The molecule has 0 saturated carbocycles. The molecule has 0 aromatic heterocycles. The lowest BCUT2D eigenvalue weighted by molar-refractivity contribution is 0.0954. The summed E-state index contributed by atoms with van der Waals surface area (Å²) >= 11 is 1.92. The molecule has 0 amide bonds. The van der Waals surface area contributed by atoms with Crippen molar-refractivity contribution in [2.75, 3.05) is 18.1 Å². The number of hydrogen-bond donors (Lipinski definition) is 2. The minimum atomic E-state index is -0.140. The first-order valence-corrected chi connectivity index (χ1v) is 7.42. The predicted molar refractivity (Wildman–Crippen MR) is 68.4 cm³/mol. The van der Waals surface area contributed by atoms with Crippen LogP contribution in [0.3, 0.4) is 0 Å². The molecule has 2 N–H and O–H groups in total. The molecule has 90 valence electrons. The van der Waals surface area contributed by atoms with Crippen molar-refractivity contribution in [2.45, 2.75) is 51.7 Å². The maximum absolute atomic E-state index is 10.0. The van der Waals surface area contributed by atoms with Gasteiger partial charge in [0.1, 0.15) is 0 Å². The van der Waals surface area contributed by atoms with Crippen LogP contribution in [0.4, 0.5) is 0 Å². The number of aliphatic hydroxyl groups excluding tert-OH is 1. The Bertz CT molecular complexity index is 166. The van der Waals surface area contributed by atoms with Gasteiger partial charge in [0.2, 0.25) is 0 Å². The van der Waals surface area contributed by atoms with Crippen LogP contribution < -0.4 is 5.32 Å². The summed E-state index contributed by atoms with van der Waals surface area (Å²) in [5.41, 5.74) is 0. The molecule has 1 aliphatic heterocycles. The van der Waals surface area contributed by atoms with Crippen LogP contribution in [0, 0.1) is 5.92 Å². The zero-order valence-electron chi connectivity index (χ0n) is 10.0. The Hall–Kier alpha value is 0.270. The van der Waals surface area contributed by atoms with Crippen LogP contribution in [-0.4, -0.2) is 35.3 Å². The Morgan fingerprint density at radius 2 is 2.27 bits per heavy atom. The van der Waals surface area contributed by atoms with Crippen molar-refractivity contribution < 1.29 is 5.11 Å². The highest BCUT2D eigenvalue weighted by molar-refractivity contribution is 7.99. The fourth-order valence-corrected chi connectivity index (χ4v) is 2.94. The molecule has 15 heavy (non-hydrogen) atoms. The SMILES string of the molecule is CCSCCC(O)C1CC(CC)CCN1. The van der Waals surface area contributed by atoms with E-state index in [1.165, 1.54) is 12.8 Å². The van der Waals surface area contributed by atoms with Gasteiger partial charge < -0.3 is 10.4 Å². The smallest absolute Gasteiger partial charge is 0.0701 e. The van der Waals surface area contributed by atoms with E-state index in [0.29, 0.717) is 6.04 Å². The van der Waals surface area contributed by atoms with Crippen LogP contribution in [-0.2, 0) is 0 Å². The van der Waals surface area contributed by atoms with E-state index in [9.17, 15) is 5.11 Å². The van der Waals surface area contributed by atoms with Gasteiger partial charge >= 0.3 is 0 Å². The second kappa shape index (κ2) is 7.53. The topological polar surface area (TPSA) is 32.3 Å². The van der Waals surface area contributed by atoms with Crippen LogP contribution >= 0.6 is 11.8 Å². The van der Waals surface area contributed by atoms with E-state index in [-0.39, 0.29) is 6.10 Å². The fraction of sp³-hybridized carbons (Fsp3) is 1.00. The Morgan fingerprint density at radius 1 is 1.47 bits per heavy atom. The molecule has 0 bridgehead atoms. The van der Waals surface area contributed by atoms with Crippen molar-refractivity contribution in [3.63, 3.8) is 0 Å². The van der Waals surface area contributed by atoms with Crippen molar-refractivity contribution in [3.8, 4) is 0 Å². The molecule has 0 spiro atoms. The van der Waals surface area contributed by atoms with Crippen LogP contribution in [0.5, 0.6) is 0 Å². The van der Waals surface area contributed by atoms with Crippen LogP contribution in [0.25, 0.3) is 0 Å². The van der Waals surface area contributed by atoms with Gasteiger partial charge in [-0.2, -0.15) is 11.8 Å². The van der Waals surface area contributed by atoms with Crippen molar-refractivity contribution in [1.82, 2.24) is 5.32 Å². The Kier molecular flexibility index (Phi) is 6.69. The molecule has 1 aliphatic rings. The first-order valence-electron chi connectivity index (χ1n) is 6.27. The summed E-state index contributed by atoms with van der Waals surface area (Å²) in [5, 5.41) is 13.5. The van der Waals surface area contributed by atoms with Crippen molar-refractivity contribution in [2.24, 2.45) is 5.92 Å². The molecule has 0 aliphatic carbocycles. The van der Waals surface area contributed by atoms with Crippen molar-refractivity contribution in [1.29, 1.82) is 0 Å². The normalized spacial score (nSPS) is 29.0. The lowest BCUT2D eigenvalue weighted by Crippen LogP contribution is -2.45. The Balaban J connectivity index is 2.22. The summed E-state index contributed by atoms with van der Waals surface area (Å²) in [7, 11) is 0. The van der Waals surface area contributed by atoms with Crippen molar-refractivity contribution >= 4 is 11.8 Å². The summed E-state index contributed by atoms with van der Waals surface area (Å²) in [5.74, 6) is 3.07. The molecule has 0 aromatic rings. The van der Waals surface area contributed by atoms with E-state index in [2.05, 4.69) is 19.2 Å². The van der Waals surface area contributed by atoms with Gasteiger partial charge in [0.05, 0.1) is 6.10 Å². The Labute approximate surface area is 98.2 Å². The summed E-state index contributed by atoms with van der Waals surface area (Å²) in [6, 6.07) is 0.348. The summed E-state index contributed by atoms with van der Waals surface area (Å²) in [6.07, 6.45) is 4.50. The molecular weight excluding hydrogens is 206 g/mol. The van der Waals surface area contributed by atoms with Crippen LogP contribution in [0.2, 0.25) is 0 Å². The standard InChI is InChI=1S/C12H25NOS/c1-3-10-5-7-13-11(9-10)12(14)6-8-15-4-2/h10-14H,3-9H2,1-2H3. The van der Waals surface area contributed by atoms with E-state index in [1.54, 1.807) is 0 Å². The highest BCUT2D eigenvalue weighted by atomic mass is 32.2. The third-order valence-corrected chi connectivity index (χ3v) is 4.28. The first-order chi connectivity index (χ1) is 7.27. The van der Waals surface area contributed by atoms with Gasteiger partial charge in [-0.15, -0.1) is 0 Å². The molecule has 1 rings (SSSR count). The minimum absolute atomic E-state index is 0.140. The third kappa shape index (κ3) is 4.75. The maximum Gasteiger partial charge on any atom is 0.0701 e. The molecule has 1 fully saturated rings. The van der Waals surface area contributed by atoms with Gasteiger partial charge in [0.15, 0.2) is 0 Å². The summed E-state index contributed by atoms with van der Waals surface area (Å²) in [6.45, 7) is 5.51. The van der Waals surface area contributed by atoms with Crippen LogP contribution in [0.1, 0.15) is 39.5 Å². The quantitative estimate of drug-likeness (QED) is 0.688. The van der Waals surface area contributed by atoms with E-state index >= 15 is 0 Å². The van der Waals surface area contributed by atoms with Gasteiger partial charge in [0.25, 0.3) is 0 Å². The second-order valence-corrected chi connectivity index (χ2v) is 5.81. The number of piperidine rings is 1. The lowest BCUT2D eigenvalue weighted by Gasteiger charge is -2.32. The molecule has 3 atom stereocenters. The molecule has 1 saturated heterocycles. The molecular formula is C12H25NOS. The van der Waals surface area contributed by atoms with E-state index < -0.39 is 0 Å². The molecule has 3 unspecified atom stereocenters. The first kappa shape index (κ1) is 13.3. The van der Waals surface area contributed by atoms with Gasteiger partial charge in [0, 0.05) is 6.04 Å². The number of rotatable bonds is 6. The highest BCUT2D eigenvalue weighted by Gasteiger charge is 2.25. The largest absolute Gasteiger partial charge is 0.391 e. The molecule has 3 heteroatoms. The van der Waals surface area contributed by atoms with Gasteiger partial charge in [-0.3, -0.25) is 0 Å². The molecule has 0 aromatic carbocycles. The number of nitrogens with one attached hydrogen (secondary N) is 1. The lowest BCUT2D eigenvalue weighted by atomic mass is 9.87. The monoisotopic (exact) mass is 231 g/mol. The molecule has 1 heterocycles. The average molecular weight is 231 g/mol. The number of hydrogen-bond acceptors (Lipinski definition) is 3. The number of aliphatic hydroxyl groups is 1. The van der Waals surface area contributed by atoms with Gasteiger partial charge in [-0.05, 0) is 43.2 Å². The van der Waals surface area contributed by atoms with Gasteiger partial charge in [-0.1, -0.05) is 20.3 Å². The van der Waals surface area contributed by atoms with E-state index in [4.69, 9.17) is 0 Å². The average Bonchev–Trinajstić information content (AvgIpc) is 2.29. The number of thioether (sulfide) groups is 1. The van der Waals surface area contributed by atoms with Gasteiger partial charge in [-0.25, -0.2) is 0 Å². The summed E-state index contributed by atoms with van der Waals surface area (Å²) < 4.78 is 0. The maximum atomic E-state index is 10.0. The zero-order chi connectivity index (χ0) is 11.1. The van der Waals surface area contributed by atoms with Crippen molar-refractivity contribution in [3.05, 3.63) is 0 Å². The predicted octanol–water partition coefficient (Wildman–Crippen LogP) is 2.27. The van der Waals surface area contributed by atoms with E-state index in [1.807, 2.05) is 11.8 Å². The second-order valence-electron chi connectivity index (χ2n) is 4.41. The fourth-order valence-electron chi connectivity index (χ4n) is 2.25. The Morgan fingerprint density at radius 3 is 2.93 bits per heavy atom. The van der Waals surface area contributed by atoms with E-state index in [0.717, 1.165) is 36.8 Å². The molecule has 2 nitrogen and oxygen atoms in total. The minimum Gasteiger partial charge on any atom is -0.391 e. The highest BCUT2D eigenvalue weighted by Crippen LogP contribution is 2.22. The molecule has 0 radical (unpaired) electrons. The summed E-state index contributed by atoms with van der Waals surface area (Å²) in [4.78, 5) is 0. The third-order valence-electron chi connectivity index (χ3n) is 3.35. The zero-order valence-corrected chi connectivity index (χ0v) is 10.9.